The largest absolute Gasteiger partial charge is 0.392 e. The van der Waals surface area contributed by atoms with E-state index < -0.39 is 115 Å². The number of carbonyl (C=O) groups excluding carboxylic acids is 11. The standard InChI is InChI=1S/C50H71N11O15/c1-55-24-29(62)18-35(55)46(71)56-11-2-6-33(56)44(69)53-22-39(66)61-26-31(64)20-37(61)48(73)58-13-4-7-34(58)45(70)54-23-40(67)60-25-30(63)19-36(60)47(72)57-12-3-5-32(57)43(68)52-21-38(65)51-10-15-76-16-14-59-49(74)41-27-8-9-28(17-27)42(41)50(59)75/h8-9,27-37,41-42,62-64H,2-7,10-26H2,1H3,(H,51,65)(H,52,68)(H,53,69)(H,54,70)/t27-,28+,29?,30?,31?,32?,33?,34?,35?,36?,37?,41+,42-. The van der Waals surface area contributed by atoms with E-state index in [2.05, 4.69) is 21.3 Å². The number of β-amino-alcohol motifs (C(OH)–C–C–N with tert-alkyl or cyclic N) is 3. The van der Waals surface area contributed by atoms with Gasteiger partial charge in [0.1, 0.15) is 30.2 Å². The van der Waals surface area contributed by atoms with E-state index in [-0.39, 0.29) is 126 Å². The third-order valence-electron chi connectivity index (χ3n) is 16.9. The number of allylic oxidation sites excluding steroid dienone is 2. The highest BCUT2D eigenvalue weighted by Gasteiger charge is 2.59. The Kier molecular flexibility index (Phi) is 16.7. The average Bonchev–Trinajstić information content (AvgIpc) is 4.30. The van der Waals surface area contributed by atoms with Crippen LogP contribution in [-0.2, 0) is 57.5 Å². The first-order chi connectivity index (χ1) is 36.4. The van der Waals surface area contributed by atoms with E-state index in [1.165, 1.54) is 24.5 Å². The molecule has 2 aliphatic carbocycles. The quantitative estimate of drug-likeness (QED) is 0.0382. The molecule has 0 radical (unpaired) electrons. The fraction of sp³-hybridized carbons (Fsp3) is 0.740. The van der Waals surface area contributed by atoms with Gasteiger partial charge in [0, 0.05) is 58.7 Å². The molecule has 9 rings (SSSR count). The monoisotopic (exact) mass is 1070 g/mol. The maximum Gasteiger partial charge on any atom is 0.246 e. The zero-order chi connectivity index (χ0) is 54.1. The second-order valence-corrected chi connectivity index (χ2v) is 21.8. The van der Waals surface area contributed by atoms with E-state index in [4.69, 9.17) is 4.74 Å². The number of likely N-dealkylation sites (N-methyl/N-ethyl adjacent to an activating group) is 1. The lowest BCUT2D eigenvalue weighted by molar-refractivity contribution is -0.148. The zero-order valence-electron chi connectivity index (χ0n) is 42.8. The van der Waals surface area contributed by atoms with Gasteiger partial charge in [-0.25, -0.2) is 0 Å². The molecule has 0 aromatic rings. The van der Waals surface area contributed by atoms with Crippen LogP contribution in [0.25, 0.3) is 0 Å². The van der Waals surface area contributed by atoms with Crippen molar-refractivity contribution in [1.29, 1.82) is 0 Å². The van der Waals surface area contributed by atoms with E-state index >= 15 is 0 Å². The van der Waals surface area contributed by atoms with Crippen LogP contribution in [-0.4, -0.2) is 261 Å². The van der Waals surface area contributed by atoms with Crippen LogP contribution in [0.5, 0.6) is 0 Å². The molecule has 9 aliphatic rings. The highest BCUT2D eigenvalue weighted by atomic mass is 16.5. The van der Waals surface area contributed by atoms with Crippen molar-refractivity contribution in [2.75, 3.05) is 92.3 Å². The minimum atomic E-state index is -1.15. The first-order valence-electron chi connectivity index (χ1n) is 26.9. The first-order valence-corrected chi connectivity index (χ1v) is 26.9. The predicted molar refractivity (Wildman–Crippen MR) is 261 cm³/mol. The van der Waals surface area contributed by atoms with E-state index in [0.29, 0.717) is 45.2 Å². The van der Waals surface area contributed by atoms with E-state index in [1.807, 2.05) is 12.2 Å². The molecule has 26 heteroatoms. The molecule has 26 nitrogen and oxygen atoms in total. The predicted octanol–water partition coefficient (Wildman–Crippen LogP) is -5.76. The minimum absolute atomic E-state index is 0.102. The van der Waals surface area contributed by atoms with Crippen LogP contribution < -0.4 is 21.3 Å². The number of ether oxygens (including phenoxy) is 1. The van der Waals surface area contributed by atoms with Gasteiger partial charge in [0.25, 0.3) is 0 Å². The molecule has 7 heterocycles. The van der Waals surface area contributed by atoms with Crippen LogP contribution in [0.2, 0.25) is 0 Å². The number of aliphatic hydroxyl groups excluding tert-OH is 3. The molecule has 0 spiro atoms. The Labute approximate surface area is 439 Å². The number of nitrogens with one attached hydrogen (secondary N) is 4. The van der Waals surface area contributed by atoms with Crippen LogP contribution in [0.3, 0.4) is 0 Å². The molecule has 8 fully saturated rings. The molecule has 0 aromatic carbocycles. The molecule has 1 saturated carbocycles. The van der Waals surface area contributed by atoms with Crippen molar-refractivity contribution in [2.24, 2.45) is 23.7 Å². The summed E-state index contributed by atoms with van der Waals surface area (Å²) in [4.78, 5) is 157. The van der Waals surface area contributed by atoms with Gasteiger partial charge in [0.05, 0.1) is 75.6 Å². The fourth-order valence-electron chi connectivity index (χ4n) is 13.2. The number of likely N-dealkylation sites (tertiary alicyclic amines) is 7. The molecule has 76 heavy (non-hydrogen) atoms. The number of hydrogen-bond donors (Lipinski definition) is 7. The van der Waals surface area contributed by atoms with Crippen LogP contribution >= 0.6 is 0 Å². The number of hydrogen-bond acceptors (Lipinski definition) is 16. The Morgan fingerprint density at radius 2 is 0.947 bits per heavy atom. The van der Waals surface area contributed by atoms with Gasteiger partial charge in [0.15, 0.2) is 0 Å². The lowest BCUT2D eigenvalue weighted by Gasteiger charge is -2.32. The summed E-state index contributed by atoms with van der Waals surface area (Å²) < 4.78 is 5.57. The third-order valence-corrected chi connectivity index (χ3v) is 16.9. The number of aliphatic hydroxyl groups is 3. The Bertz CT molecular complexity index is 2340. The molecule has 2 bridgehead atoms. The molecule has 13 atom stereocenters. The molecule has 416 valence electrons. The Hall–Kier alpha value is -6.09. The summed E-state index contributed by atoms with van der Waals surface area (Å²) in [5.41, 5.74) is 0. The van der Waals surface area contributed by atoms with Gasteiger partial charge in [-0.3, -0.25) is 62.5 Å². The second-order valence-electron chi connectivity index (χ2n) is 21.8. The molecule has 11 amide bonds. The summed E-state index contributed by atoms with van der Waals surface area (Å²) >= 11 is 0. The molecule has 9 unspecified atom stereocenters. The summed E-state index contributed by atoms with van der Waals surface area (Å²) in [5, 5.41) is 41.7. The van der Waals surface area contributed by atoms with Gasteiger partial charge in [-0.2, -0.15) is 0 Å². The summed E-state index contributed by atoms with van der Waals surface area (Å²) in [6, 6.07) is -5.64. The van der Waals surface area contributed by atoms with Gasteiger partial charge in [-0.1, -0.05) is 12.2 Å². The topological polar surface area (TPSA) is 328 Å². The van der Waals surface area contributed by atoms with Crippen molar-refractivity contribution in [3.63, 3.8) is 0 Å². The first kappa shape index (κ1) is 54.7. The highest BCUT2D eigenvalue weighted by Crippen LogP contribution is 2.52. The highest BCUT2D eigenvalue weighted by molar-refractivity contribution is 6.06. The number of rotatable bonds is 18. The molecule has 7 N–H and O–H groups in total. The summed E-state index contributed by atoms with van der Waals surface area (Å²) in [6.45, 7) is -0.391. The Balaban J connectivity index is 0.697. The maximum atomic E-state index is 14.1. The van der Waals surface area contributed by atoms with Crippen molar-refractivity contribution >= 4 is 65.0 Å². The Morgan fingerprint density at radius 1 is 0.526 bits per heavy atom. The van der Waals surface area contributed by atoms with Crippen LogP contribution in [0.4, 0.5) is 0 Å². The van der Waals surface area contributed by atoms with Gasteiger partial charge >= 0.3 is 0 Å². The maximum absolute atomic E-state index is 14.1. The lowest BCUT2D eigenvalue weighted by atomic mass is 9.85. The third kappa shape index (κ3) is 11.2. The fourth-order valence-corrected chi connectivity index (χ4v) is 13.2. The minimum Gasteiger partial charge on any atom is -0.392 e. The molecular formula is C50H71N11O15. The zero-order valence-corrected chi connectivity index (χ0v) is 42.8. The smallest absolute Gasteiger partial charge is 0.246 e. The number of carbonyl (C=O) groups is 11. The van der Waals surface area contributed by atoms with E-state index in [0.717, 1.165) is 11.3 Å². The van der Waals surface area contributed by atoms with Gasteiger partial charge in [-0.15, -0.1) is 0 Å². The van der Waals surface area contributed by atoms with Crippen molar-refractivity contribution < 1.29 is 72.8 Å². The molecule has 7 saturated heterocycles. The normalized spacial score (nSPS) is 32.7. The van der Waals surface area contributed by atoms with E-state index in [1.54, 1.807) is 11.9 Å². The number of nitrogens with zero attached hydrogens (tertiary/aromatic N) is 7. The molecule has 0 aromatic heterocycles. The second kappa shape index (κ2) is 23.3. The van der Waals surface area contributed by atoms with E-state index in [9.17, 15) is 68.1 Å². The van der Waals surface area contributed by atoms with Crippen molar-refractivity contribution in [1.82, 2.24) is 55.6 Å². The van der Waals surface area contributed by atoms with Crippen molar-refractivity contribution in [3.8, 4) is 0 Å². The Morgan fingerprint density at radius 3 is 1.39 bits per heavy atom. The SMILES string of the molecule is CN1CC(O)CC1C(=O)N1CCCC1C(=O)NCC(=O)N1CC(O)CC1C(=O)N1CCCC1C(=O)NCC(=O)N1CC(O)CC1C(=O)N1CCCC1C(=O)NCC(=O)NCCOCCN1C(=O)[C@@H]2[C@H](C1=O)[C@H]1C=C[C@@H]2C1. The van der Waals surface area contributed by atoms with Crippen molar-refractivity contribution in [3.05, 3.63) is 12.2 Å². The summed E-state index contributed by atoms with van der Waals surface area (Å²) in [6.07, 6.45) is 4.56. The van der Waals surface area contributed by atoms with Crippen LogP contribution in [0.15, 0.2) is 12.2 Å². The van der Waals surface area contributed by atoms with Crippen LogP contribution in [0, 0.1) is 23.7 Å². The number of amides is 11. The summed E-state index contributed by atoms with van der Waals surface area (Å²) in [7, 11) is 1.73. The van der Waals surface area contributed by atoms with Gasteiger partial charge in [-0.05, 0) is 70.3 Å². The number of imide groups is 1. The molecule has 7 aliphatic heterocycles. The van der Waals surface area contributed by atoms with Crippen LogP contribution in [0.1, 0.15) is 64.2 Å². The molecular weight excluding hydrogens is 995 g/mol. The van der Waals surface area contributed by atoms with Gasteiger partial charge < -0.3 is 65.8 Å². The van der Waals surface area contributed by atoms with Gasteiger partial charge in [0.2, 0.25) is 65.0 Å². The summed E-state index contributed by atoms with van der Waals surface area (Å²) in [5.74, 6) is -5.68. The average molecular weight is 1070 g/mol. The van der Waals surface area contributed by atoms with Crippen molar-refractivity contribution in [2.45, 2.75) is 119 Å². The lowest BCUT2D eigenvalue weighted by Crippen LogP contribution is -2.56. The number of fused-ring (bicyclic) bond motifs is 5.